The van der Waals surface area contributed by atoms with Gasteiger partial charge >= 0.3 is 0 Å². The van der Waals surface area contributed by atoms with Crippen molar-refractivity contribution in [2.45, 2.75) is 11.4 Å². The summed E-state index contributed by atoms with van der Waals surface area (Å²) in [5, 5.41) is 0. The van der Waals surface area contributed by atoms with Crippen molar-refractivity contribution in [1.82, 2.24) is 4.90 Å². The van der Waals surface area contributed by atoms with Crippen molar-refractivity contribution in [3.05, 3.63) is 64.6 Å². The van der Waals surface area contributed by atoms with Crippen LogP contribution < -0.4 is 5.73 Å². The molecule has 0 heterocycles. The molecule has 0 aromatic heterocycles. The summed E-state index contributed by atoms with van der Waals surface area (Å²) in [4.78, 5) is 2.43. The van der Waals surface area contributed by atoms with Crippen molar-refractivity contribution < 1.29 is 8.42 Å². The highest BCUT2D eigenvalue weighted by molar-refractivity contribution is 9.10. The predicted octanol–water partition coefficient (Wildman–Crippen LogP) is 2.68. The Bertz CT molecular complexity index is 703. The van der Waals surface area contributed by atoms with Crippen LogP contribution in [0.1, 0.15) is 5.56 Å². The maximum atomic E-state index is 12.4. The standard InChI is InChI=1S/C17H21BrN2O2S/c18-16-6-8-17(9-7-16)23(21,22)13-12-20(11-10-19)14-15-4-2-1-3-5-15/h1-9H,10-14,19H2. The number of halogens is 1. The van der Waals surface area contributed by atoms with E-state index in [1.165, 1.54) is 0 Å². The second kappa shape index (κ2) is 8.59. The van der Waals surface area contributed by atoms with Crippen molar-refractivity contribution in [3.63, 3.8) is 0 Å². The third-order valence-corrected chi connectivity index (χ3v) is 5.78. The Morgan fingerprint density at radius 1 is 0.957 bits per heavy atom. The van der Waals surface area contributed by atoms with Crippen LogP contribution in [0.15, 0.2) is 64.0 Å². The van der Waals surface area contributed by atoms with E-state index in [0.29, 0.717) is 31.1 Å². The highest BCUT2D eigenvalue weighted by Crippen LogP contribution is 2.16. The van der Waals surface area contributed by atoms with E-state index in [2.05, 4.69) is 20.8 Å². The molecule has 0 saturated carbocycles. The third-order valence-electron chi connectivity index (χ3n) is 3.54. The van der Waals surface area contributed by atoms with Crippen molar-refractivity contribution in [3.8, 4) is 0 Å². The Kier molecular flexibility index (Phi) is 6.77. The van der Waals surface area contributed by atoms with Gasteiger partial charge in [-0.25, -0.2) is 8.42 Å². The number of hydrogen-bond acceptors (Lipinski definition) is 4. The van der Waals surface area contributed by atoms with Crippen LogP contribution in [0.4, 0.5) is 0 Å². The summed E-state index contributed by atoms with van der Waals surface area (Å²) in [6.45, 7) is 2.34. The molecule has 2 N–H and O–H groups in total. The average molecular weight is 397 g/mol. The molecule has 2 rings (SSSR count). The number of nitrogens with zero attached hydrogens (tertiary/aromatic N) is 1. The van der Waals surface area contributed by atoms with Crippen LogP contribution in [0.5, 0.6) is 0 Å². The minimum absolute atomic E-state index is 0.0848. The largest absolute Gasteiger partial charge is 0.329 e. The minimum Gasteiger partial charge on any atom is -0.329 e. The quantitative estimate of drug-likeness (QED) is 0.744. The molecule has 0 amide bonds. The molecule has 6 heteroatoms. The number of nitrogens with two attached hydrogens (primary N) is 1. The zero-order valence-corrected chi connectivity index (χ0v) is 15.3. The van der Waals surface area contributed by atoms with E-state index in [4.69, 9.17) is 5.73 Å². The van der Waals surface area contributed by atoms with Crippen LogP contribution in [0.25, 0.3) is 0 Å². The molecule has 0 aliphatic rings. The monoisotopic (exact) mass is 396 g/mol. The van der Waals surface area contributed by atoms with Crippen LogP contribution >= 0.6 is 15.9 Å². The average Bonchev–Trinajstić information content (AvgIpc) is 2.54. The topological polar surface area (TPSA) is 63.4 Å². The first kappa shape index (κ1) is 18.1. The molecular weight excluding hydrogens is 376 g/mol. The second-order valence-electron chi connectivity index (χ2n) is 5.32. The molecule has 0 radical (unpaired) electrons. The maximum Gasteiger partial charge on any atom is 0.179 e. The Hall–Kier alpha value is -1.21. The summed E-state index contributed by atoms with van der Waals surface area (Å²) < 4.78 is 25.7. The lowest BCUT2D eigenvalue weighted by atomic mass is 10.2. The highest BCUT2D eigenvalue weighted by Gasteiger charge is 2.16. The predicted molar refractivity (Wildman–Crippen MR) is 97.0 cm³/mol. The highest BCUT2D eigenvalue weighted by atomic mass is 79.9. The van der Waals surface area contributed by atoms with Gasteiger partial charge in [-0.1, -0.05) is 46.3 Å². The summed E-state index contributed by atoms with van der Waals surface area (Å²) >= 11 is 3.32. The first-order valence-electron chi connectivity index (χ1n) is 7.46. The van der Waals surface area contributed by atoms with Gasteiger partial charge in [-0.05, 0) is 29.8 Å². The molecule has 0 bridgehead atoms. The van der Waals surface area contributed by atoms with Crippen LogP contribution in [-0.4, -0.2) is 38.7 Å². The van der Waals surface area contributed by atoms with Gasteiger partial charge in [0.05, 0.1) is 10.6 Å². The van der Waals surface area contributed by atoms with Gasteiger partial charge < -0.3 is 5.73 Å². The fraction of sp³-hybridized carbons (Fsp3) is 0.294. The number of hydrogen-bond donors (Lipinski definition) is 1. The number of rotatable bonds is 8. The zero-order valence-electron chi connectivity index (χ0n) is 12.9. The van der Waals surface area contributed by atoms with E-state index >= 15 is 0 Å². The Balaban J connectivity index is 2.01. The van der Waals surface area contributed by atoms with Crippen LogP contribution in [0.2, 0.25) is 0 Å². The lowest BCUT2D eigenvalue weighted by molar-refractivity contribution is 0.289. The molecular formula is C17H21BrN2O2S. The second-order valence-corrected chi connectivity index (χ2v) is 8.35. The van der Waals surface area contributed by atoms with Gasteiger partial charge in [-0.3, -0.25) is 4.90 Å². The van der Waals surface area contributed by atoms with Gasteiger partial charge in [0.25, 0.3) is 0 Å². The van der Waals surface area contributed by atoms with Crippen LogP contribution in [0, 0.1) is 0 Å². The van der Waals surface area contributed by atoms with Crippen molar-refractivity contribution in [1.29, 1.82) is 0 Å². The summed E-state index contributed by atoms with van der Waals surface area (Å²) in [6.07, 6.45) is 0. The normalized spacial score (nSPS) is 11.8. The smallest absolute Gasteiger partial charge is 0.179 e. The van der Waals surface area contributed by atoms with Crippen LogP contribution in [-0.2, 0) is 16.4 Å². The summed E-state index contributed by atoms with van der Waals surface area (Å²) in [5.41, 5.74) is 6.81. The van der Waals surface area contributed by atoms with E-state index < -0.39 is 9.84 Å². The first-order chi connectivity index (χ1) is 11.0. The van der Waals surface area contributed by atoms with E-state index in [1.54, 1.807) is 24.3 Å². The number of benzene rings is 2. The maximum absolute atomic E-state index is 12.4. The lowest BCUT2D eigenvalue weighted by Gasteiger charge is -2.21. The summed E-state index contributed by atoms with van der Waals surface area (Å²) in [7, 11) is -3.29. The van der Waals surface area contributed by atoms with Gasteiger partial charge in [0, 0.05) is 30.7 Å². The fourth-order valence-corrected chi connectivity index (χ4v) is 3.85. The molecule has 0 fully saturated rings. The fourth-order valence-electron chi connectivity index (χ4n) is 2.30. The van der Waals surface area contributed by atoms with E-state index in [0.717, 1.165) is 10.0 Å². The molecule has 0 unspecified atom stereocenters. The zero-order chi connectivity index (χ0) is 16.7. The Labute approximate surface area is 146 Å². The molecule has 23 heavy (non-hydrogen) atoms. The van der Waals surface area contributed by atoms with Crippen molar-refractivity contribution in [2.75, 3.05) is 25.4 Å². The van der Waals surface area contributed by atoms with E-state index in [1.807, 2.05) is 30.3 Å². The van der Waals surface area contributed by atoms with E-state index in [9.17, 15) is 8.42 Å². The molecule has 0 atom stereocenters. The molecule has 4 nitrogen and oxygen atoms in total. The SMILES string of the molecule is NCCN(CCS(=O)(=O)c1ccc(Br)cc1)Cc1ccccc1. The van der Waals surface area contributed by atoms with Gasteiger partial charge in [0.2, 0.25) is 0 Å². The minimum atomic E-state index is -3.29. The van der Waals surface area contributed by atoms with Gasteiger partial charge in [-0.15, -0.1) is 0 Å². The van der Waals surface area contributed by atoms with Gasteiger partial charge in [0.15, 0.2) is 9.84 Å². The van der Waals surface area contributed by atoms with Crippen LogP contribution in [0.3, 0.4) is 0 Å². The first-order valence-corrected chi connectivity index (χ1v) is 9.90. The molecule has 0 aliphatic heterocycles. The molecule has 0 aliphatic carbocycles. The lowest BCUT2D eigenvalue weighted by Crippen LogP contribution is -2.33. The van der Waals surface area contributed by atoms with Gasteiger partial charge in [-0.2, -0.15) is 0 Å². The van der Waals surface area contributed by atoms with Crippen molar-refractivity contribution in [2.24, 2.45) is 5.73 Å². The third kappa shape index (κ3) is 5.73. The summed E-state index contributed by atoms with van der Waals surface area (Å²) in [5.74, 6) is 0.0848. The molecule has 2 aromatic rings. The molecule has 124 valence electrons. The Morgan fingerprint density at radius 2 is 1.61 bits per heavy atom. The number of sulfone groups is 1. The van der Waals surface area contributed by atoms with E-state index in [-0.39, 0.29) is 5.75 Å². The Morgan fingerprint density at radius 3 is 2.22 bits per heavy atom. The van der Waals surface area contributed by atoms with Gasteiger partial charge in [0.1, 0.15) is 0 Å². The van der Waals surface area contributed by atoms with Crippen molar-refractivity contribution >= 4 is 25.8 Å². The summed E-state index contributed by atoms with van der Waals surface area (Å²) in [6, 6.07) is 16.7. The molecule has 0 spiro atoms. The molecule has 0 saturated heterocycles. The molecule has 2 aromatic carbocycles.